The number of hydrogen-bond donors (Lipinski definition) is 4. The van der Waals surface area contributed by atoms with E-state index in [1.54, 1.807) is 30.0 Å². The first-order valence-corrected chi connectivity index (χ1v) is 16.8. The maximum absolute atomic E-state index is 5.30. The van der Waals surface area contributed by atoms with Gasteiger partial charge in [-0.25, -0.2) is 19.9 Å². The van der Waals surface area contributed by atoms with Crippen molar-refractivity contribution in [3.63, 3.8) is 0 Å². The smallest absolute Gasteiger partial charge is 0.178 e. The van der Waals surface area contributed by atoms with E-state index in [1.165, 1.54) is 5.56 Å². The van der Waals surface area contributed by atoms with Crippen LogP contribution in [0.1, 0.15) is 11.3 Å². The molecule has 0 amide bonds. The predicted octanol–water partition coefficient (Wildman–Crippen LogP) is 9.65. The summed E-state index contributed by atoms with van der Waals surface area (Å²) in [6.07, 6.45) is 5.17. The number of nitrogens with zero attached hydrogens (tertiary/aromatic N) is 4. The Labute approximate surface area is 284 Å². The van der Waals surface area contributed by atoms with E-state index in [0.29, 0.717) is 12.2 Å². The Bertz CT molecular complexity index is 2020. The number of hydrogen-bond acceptors (Lipinski definition) is 8. The molecule has 0 bridgehead atoms. The summed E-state index contributed by atoms with van der Waals surface area (Å²) in [6.45, 7) is 1.50. The Morgan fingerprint density at radius 1 is 0.696 bits per heavy atom. The average molecular weight is 755 g/mol. The van der Waals surface area contributed by atoms with Gasteiger partial charge in [-0.2, -0.15) is 11.3 Å². The number of furan rings is 1. The van der Waals surface area contributed by atoms with Crippen molar-refractivity contribution < 1.29 is 4.42 Å². The van der Waals surface area contributed by atoms with Gasteiger partial charge in [0.1, 0.15) is 17.4 Å². The second-order valence-electron chi connectivity index (χ2n) is 10.3. The highest BCUT2D eigenvalue weighted by Crippen LogP contribution is 2.25. The molecule has 0 aliphatic carbocycles. The summed E-state index contributed by atoms with van der Waals surface area (Å²) in [4.78, 5) is 24.2. The highest BCUT2D eigenvalue weighted by molar-refractivity contribution is 9.10. The van der Waals surface area contributed by atoms with Gasteiger partial charge in [-0.1, -0.05) is 0 Å². The second-order valence-corrected chi connectivity index (χ2v) is 12.9. The first-order valence-electron chi connectivity index (χ1n) is 14.3. The van der Waals surface area contributed by atoms with Gasteiger partial charge >= 0.3 is 0 Å². The third-order valence-corrected chi connectivity index (χ3v) is 8.65. The lowest BCUT2D eigenvalue weighted by Crippen LogP contribution is -1.97. The van der Waals surface area contributed by atoms with Crippen LogP contribution in [-0.4, -0.2) is 29.9 Å². The summed E-state index contributed by atoms with van der Waals surface area (Å²) in [7, 11) is 0. The van der Waals surface area contributed by atoms with Gasteiger partial charge in [-0.3, -0.25) is 0 Å². The summed E-state index contributed by atoms with van der Waals surface area (Å²) < 4.78 is 7.17. The SMILES string of the molecule is Brc1cnc2nc(-c3ccc(NCc4ccco4)cc3)[nH]c2c1.Brc1cnc2nc(-c3ccc(NCc4ccsc4)cc3)[nH]c2c1. The quantitative estimate of drug-likeness (QED) is 0.122. The number of pyridine rings is 2. The van der Waals surface area contributed by atoms with Crippen molar-refractivity contribution in [3.8, 4) is 22.8 Å². The third kappa shape index (κ3) is 7.20. The van der Waals surface area contributed by atoms with E-state index in [0.717, 1.165) is 72.1 Å². The number of thiophene rings is 1. The van der Waals surface area contributed by atoms with Crippen molar-refractivity contribution in [3.05, 3.63) is 129 Å². The van der Waals surface area contributed by atoms with Crippen LogP contribution in [0.2, 0.25) is 0 Å². The van der Waals surface area contributed by atoms with Crippen molar-refractivity contribution >= 4 is 76.9 Å². The number of imidazole rings is 2. The fourth-order valence-corrected chi connectivity index (χ4v) is 6.05. The first kappa shape index (κ1) is 29.9. The number of benzene rings is 2. The van der Waals surface area contributed by atoms with E-state index in [-0.39, 0.29) is 0 Å². The lowest BCUT2D eigenvalue weighted by atomic mass is 10.2. The Hall–Kier alpha value is -4.78. The molecule has 228 valence electrons. The van der Waals surface area contributed by atoms with Crippen LogP contribution in [0.25, 0.3) is 45.1 Å². The minimum absolute atomic E-state index is 0.662. The minimum Gasteiger partial charge on any atom is -0.467 e. The predicted molar refractivity (Wildman–Crippen MR) is 192 cm³/mol. The van der Waals surface area contributed by atoms with Crippen LogP contribution in [0.15, 0.2) is 122 Å². The van der Waals surface area contributed by atoms with Crippen LogP contribution in [0, 0.1) is 0 Å². The Morgan fingerprint density at radius 3 is 1.76 bits per heavy atom. The van der Waals surface area contributed by atoms with Crippen molar-refractivity contribution in [2.45, 2.75) is 13.1 Å². The highest BCUT2D eigenvalue weighted by Gasteiger charge is 2.08. The minimum atomic E-state index is 0.662. The number of aromatic amines is 2. The van der Waals surface area contributed by atoms with Crippen LogP contribution in [0.4, 0.5) is 11.4 Å². The van der Waals surface area contributed by atoms with Crippen molar-refractivity contribution in [2.24, 2.45) is 0 Å². The number of halogens is 2. The molecule has 12 heteroatoms. The summed E-state index contributed by atoms with van der Waals surface area (Å²) in [5, 5.41) is 11.0. The molecule has 8 aromatic rings. The molecule has 6 aromatic heterocycles. The van der Waals surface area contributed by atoms with Crippen molar-refractivity contribution in [1.29, 1.82) is 0 Å². The van der Waals surface area contributed by atoms with Crippen LogP contribution in [-0.2, 0) is 13.1 Å². The summed E-state index contributed by atoms with van der Waals surface area (Å²) in [5.41, 5.74) is 8.75. The number of anilines is 2. The Morgan fingerprint density at radius 2 is 1.26 bits per heavy atom. The zero-order valence-corrected chi connectivity index (χ0v) is 28.2. The summed E-state index contributed by atoms with van der Waals surface area (Å²) >= 11 is 8.55. The molecule has 8 rings (SSSR count). The maximum atomic E-state index is 5.30. The van der Waals surface area contributed by atoms with E-state index in [2.05, 4.69) is 113 Å². The molecule has 6 heterocycles. The van der Waals surface area contributed by atoms with Crippen molar-refractivity contribution in [1.82, 2.24) is 29.9 Å². The number of rotatable bonds is 8. The van der Waals surface area contributed by atoms with Crippen LogP contribution in [0.5, 0.6) is 0 Å². The molecule has 0 saturated heterocycles. The van der Waals surface area contributed by atoms with E-state index in [4.69, 9.17) is 4.42 Å². The molecule has 4 N–H and O–H groups in total. The fourth-order valence-electron chi connectivity index (χ4n) is 4.71. The fraction of sp³-hybridized carbons (Fsp3) is 0.0588. The van der Waals surface area contributed by atoms with E-state index in [1.807, 2.05) is 48.5 Å². The van der Waals surface area contributed by atoms with Crippen LogP contribution >= 0.6 is 43.2 Å². The monoisotopic (exact) mass is 752 g/mol. The molecule has 0 aliphatic heterocycles. The Kier molecular flexibility index (Phi) is 8.90. The van der Waals surface area contributed by atoms with Gasteiger partial charge in [0.2, 0.25) is 0 Å². The molecule has 0 radical (unpaired) electrons. The van der Waals surface area contributed by atoms with E-state index in [9.17, 15) is 0 Å². The Balaban J connectivity index is 0.000000147. The molecule has 2 aromatic carbocycles. The molecule has 0 aliphatic rings. The van der Waals surface area contributed by atoms with Gasteiger partial charge in [-0.15, -0.1) is 0 Å². The normalized spacial score (nSPS) is 11.0. The van der Waals surface area contributed by atoms with Gasteiger partial charge in [0.25, 0.3) is 0 Å². The first-order chi connectivity index (χ1) is 22.6. The number of H-pyrrole nitrogens is 2. The van der Waals surface area contributed by atoms with E-state index < -0.39 is 0 Å². The van der Waals surface area contributed by atoms with Crippen LogP contribution in [0.3, 0.4) is 0 Å². The maximum Gasteiger partial charge on any atom is 0.178 e. The zero-order chi connectivity index (χ0) is 31.3. The lowest BCUT2D eigenvalue weighted by molar-refractivity contribution is 0.518. The molecule has 9 nitrogen and oxygen atoms in total. The van der Waals surface area contributed by atoms with Gasteiger partial charge in [0, 0.05) is 50.4 Å². The molecule has 46 heavy (non-hydrogen) atoms. The molecule has 0 saturated carbocycles. The molecular weight excluding hydrogens is 728 g/mol. The molecule has 0 spiro atoms. The molecule has 0 atom stereocenters. The number of fused-ring (bicyclic) bond motifs is 2. The average Bonchev–Trinajstić information content (AvgIpc) is 3.91. The van der Waals surface area contributed by atoms with E-state index >= 15 is 0 Å². The third-order valence-electron chi connectivity index (χ3n) is 7.05. The molecule has 0 fully saturated rings. The number of aromatic nitrogens is 6. The highest BCUT2D eigenvalue weighted by atomic mass is 79.9. The van der Waals surface area contributed by atoms with Crippen LogP contribution < -0.4 is 10.6 Å². The van der Waals surface area contributed by atoms with Gasteiger partial charge in [0.05, 0.1) is 23.8 Å². The standard InChI is InChI=1S/C17H13BrN4O.C17H13BrN4S/c18-12-8-15-17(20-9-12)22-16(21-15)11-3-5-13(6-4-11)19-10-14-2-1-7-23-14;18-13-7-15-17(20-9-13)22-16(21-15)12-1-3-14(4-2-12)19-8-11-5-6-23-10-11/h1-9,19H,10H2,(H,20,21,22);1-7,9-10,19H,8H2,(H,20,21,22). The molecule has 0 unspecified atom stereocenters. The van der Waals surface area contributed by atoms with Crippen molar-refractivity contribution in [2.75, 3.05) is 10.6 Å². The van der Waals surface area contributed by atoms with Gasteiger partial charge < -0.3 is 25.0 Å². The lowest BCUT2D eigenvalue weighted by Gasteiger charge is -2.05. The summed E-state index contributed by atoms with van der Waals surface area (Å²) in [6, 6.07) is 26.3. The topological polar surface area (TPSA) is 120 Å². The zero-order valence-electron chi connectivity index (χ0n) is 24.2. The second kappa shape index (κ2) is 13.7. The molecular formula is C34H26Br2N8OS. The number of nitrogens with one attached hydrogen (secondary N) is 4. The van der Waals surface area contributed by atoms with Gasteiger partial charge in [-0.05, 0) is 127 Å². The summed E-state index contributed by atoms with van der Waals surface area (Å²) in [5.74, 6) is 2.54. The largest absolute Gasteiger partial charge is 0.467 e. The van der Waals surface area contributed by atoms with Gasteiger partial charge in [0.15, 0.2) is 11.3 Å².